The minimum absolute atomic E-state index is 0.190. The van der Waals surface area contributed by atoms with Gasteiger partial charge < -0.3 is 9.47 Å². The van der Waals surface area contributed by atoms with Crippen molar-refractivity contribution in [3.8, 4) is 5.88 Å². The first kappa shape index (κ1) is 20.7. The first-order valence-corrected chi connectivity index (χ1v) is 9.35. The Hall–Kier alpha value is -1.36. The second-order valence-corrected chi connectivity index (χ2v) is 6.41. The molecule has 0 radical (unpaired) electrons. The van der Waals surface area contributed by atoms with Crippen molar-refractivity contribution in [3.63, 3.8) is 0 Å². The van der Waals surface area contributed by atoms with Crippen molar-refractivity contribution in [2.45, 2.75) is 78.2 Å². The van der Waals surface area contributed by atoms with Gasteiger partial charge in [0.2, 0.25) is 5.88 Å². The first-order valence-electron chi connectivity index (χ1n) is 9.35. The van der Waals surface area contributed by atoms with Gasteiger partial charge in [-0.05, 0) is 32.6 Å². The fraction of sp³-hybridized carbons (Fsp3) is 0.789. The molecule has 1 aromatic rings. The Kier molecular flexibility index (Phi) is 10.4. The van der Waals surface area contributed by atoms with E-state index in [1.807, 2.05) is 17.7 Å². The van der Waals surface area contributed by atoms with Gasteiger partial charge in [-0.15, -0.1) is 0 Å². The molecule has 5 nitrogen and oxygen atoms in total. The molecule has 0 aromatic carbocycles. The van der Waals surface area contributed by atoms with E-state index in [-0.39, 0.29) is 11.7 Å². The third kappa shape index (κ3) is 7.04. The molecule has 1 heterocycles. The van der Waals surface area contributed by atoms with Crippen LogP contribution in [-0.2, 0) is 4.74 Å². The van der Waals surface area contributed by atoms with E-state index in [0.717, 1.165) is 63.5 Å². The SMILES string of the molecule is CCCCC(CCCC)n1cc(C)c(OCCCCOC)nc1=O. The molecule has 0 fully saturated rings. The highest BCUT2D eigenvalue weighted by Gasteiger charge is 2.15. The average molecular weight is 338 g/mol. The molecule has 1 rings (SSSR count). The number of aromatic nitrogens is 2. The number of hydrogen-bond donors (Lipinski definition) is 0. The van der Waals surface area contributed by atoms with Crippen molar-refractivity contribution in [1.29, 1.82) is 0 Å². The number of aryl methyl sites for hydroxylation is 1. The minimum atomic E-state index is -0.190. The summed E-state index contributed by atoms with van der Waals surface area (Å²) < 4.78 is 12.5. The molecule has 0 amide bonds. The van der Waals surface area contributed by atoms with Crippen molar-refractivity contribution in [2.75, 3.05) is 20.3 Å². The second kappa shape index (κ2) is 12.1. The zero-order valence-corrected chi connectivity index (χ0v) is 15.8. The molecule has 0 aliphatic heterocycles. The Balaban J connectivity index is 2.77. The predicted molar refractivity (Wildman–Crippen MR) is 97.9 cm³/mol. The van der Waals surface area contributed by atoms with E-state index in [4.69, 9.17) is 9.47 Å². The lowest BCUT2D eigenvalue weighted by atomic mass is 10.0. The molecule has 0 aliphatic rings. The summed E-state index contributed by atoms with van der Waals surface area (Å²) in [5, 5.41) is 0. The molecule has 0 atom stereocenters. The van der Waals surface area contributed by atoms with E-state index in [9.17, 15) is 4.79 Å². The Morgan fingerprint density at radius 2 is 1.71 bits per heavy atom. The summed E-state index contributed by atoms with van der Waals surface area (Å²) in [4.78, 5) is 16.6. The van der Waals surface area contributed by atoms with Crippen LogP contribution in [-0.4, -0.2) is 29.9 Å². The lowest BCUT2D eigenvalue weighted by molar-refractivity contribution is 0.183. The summed E-state index contributed by atoms with van der Waals surface area (Å²) in [7, 11) is 1.69. The molecule has 1 aromatic heterocycles. The summed E-state index contributed by atoms with van der Waals surface area (Å²) in [5.74, 6) is 0.471. The van der Waals surface area contributed by atoms with Crippen LogP contribution in [0.3, 0.4) is 0 Å². The van der Waals surface area contributed by atoms with Crippen LogP contribution in [0.1, 0.15) is 76.8 Å². The first-order chi connectivity index (χ1) is 11.6. The Morgan fingerprint density at radius 1 is 1.08 bits per heavy atom. The zero-order chi connectivity index (χ0) is 17.8. The van der Waals surface area contributed by atoms with E-state index in [1.54, 1.807) is 7.11 Å². The average Bonchev–Trinajstić information content (AvgIpc) is 2.58. The lowest BCUT2D eigenvalue weighted by Gasteiger charge is -2.20. The summed E-state index contributed by atoms with van der Waals surface area (Å²) in [6.45, 7) is 7.63. The van der Waals surface area contributed by atoms with E-state index >= 15 is 0 Å². The van der Waals surface area contributed by atoms with Crippen molar-refractivity contribution in [3.05, 3.63) is 22.2 Å². The summed E-state index contributed by atoms with van der Waals surface area (Å²) in [6, 6.07) is 0.249. The number of nitrogens with zero attached hydrogens (tertiary/aromatic N) is 2. The van der Waals surface area contributed by atoms with Crippen molar-refractivity contribution >= 4 is 0 Å². The fourth-order valence-corrected chi connectivity index (χ4v) is 2.78. The Bertz CT molecular complexity index is 506. The van der Waals surface area contributed by atoms with Crippen LogP contribution in [0.2, 0.25) is 0 Å². The molecule has 5 heteroatoms. The quantitative estimate of drug-likeness (QED) is 0.504. The van der Waals surface area contributed by atoms with Gasteiger partial charge in [0.15, 0.2) is 0 Å². The molecule has 0 unspecified atom stereocenters. The standard InChI is InChI=1S/C19H34N2O3/c1-5-7-11-17(12-8-6-2)21-15-16(3)18(20-19(21)22)24-14-10-9-13-23-4/h15,17H,5-14H2,1-4H3. The van der Waals surface area contributed by atoms with E-state index in [0.29, 0.717) is 12.5 Å². The van der Waals surface area contributed by atoms with Crippen molar-refractivity contribution in [1.82, 2.24) is 9.55 Å². The van der Waals surface area contributed by atoms with Crippen LogP contribution in [0.15, 0.2) is 11.0 Å². The van der Waals surface area contributed by atoms with Gasteiger partial charge in [0.1, 0.15) is 0 Å². The second-order valence-electron chi connectivity index (χ2n) is 6.41. The van der Waals surface area contributed by atoms with Gasteiger partial charge >= 0.3 is 5.69 Å². The number of ether oxygens (including phenoxy) is 2. The van der Waals surface area contributed by atoms with Gasteiger partial charge in [0.25, 0.3) is 0 Å². The normalized spacial score (nSPS) is 11.2. The Morgan fingerprint density at radius 3 is 2.29 bits per heavy atom. The molecule has 138 valence electrons. The van der Waals surface area contributed by atoms with Gasteiger partial charge in [-0.25, -0.2) is 4.79 Å². The van der Waals surface area contributed by atoms with Crippen molar-refractivity contribution in [2.24, 2.45) is 0 Å². The summed E-state index contributed by atoms with van der Waals surface area (Å²) in [5.41, 5.74) is 0.740. The third-order valence-electron chi connectivity index (χ3n) is 4.24. The molecule has 0 bridgehead atoms. The van der Waals surface area contributed by atoms with E-state index in [1.165, 1.54) is 0 Å². The highest BCUT2D eigenvalue weighted by atomic mass is 16.5. The molecular weight excluding hydrogens is 304 g/mol. The van der Waals surface area contributed by atoms with Crippen LogP contribution >= 0.6 is 0 Å². The maximum absolute atomic E-state index is 12.4. The highest BCUT2D eigenvalue weighted by Crippen LogP contribution is 2.22. The molecule has 0 saturated carbocycles. The van der Waals surface area contributed by atoms with Crippen LogP contribution < -0.4 is 10.4 Å². The predicted octanol–water partition coefficient (Wildman–Crippen LogP) is 4.28. The number of unbranched alkanes of at least 4 members (excludes halogenated alkanes) is 3. The van der Waals surface area contributed by atoms with Gasteiger partial charge in [-0.3, -0.25) is 4.57 Å². The highest BCUT2D eigenvalue weighted by molar-refractivity contribution is 5.20. The fourth-order valence-electron chi connectivity index (χ4n) is 2.78. The van der Waals surface area contributed by atoms with Crippen LogP contribution in [0, 0.1) is 6.92 Å². The summed E-state index contributed by atoms with van der Waals surface area (Å²) >= 11 is 0. The van der Waals surface area contributed by atoms with Gasteiger partial charge in [-0.2, -0.15) is 4.98 Å². The van der Waals surface area contributed by atoms with Gasteiger partial charge in [0, 0.05) is 31.5 Å². The van der Waals surface area contributed by atoms with E-state index < -0.39 is 0 Å². The number of hydrogen-bond acceptors (Lipinski definition) is 4. The van der Waals surface area contributed by atoms with Crippen LogP contribution in [0.4, 0.5) is 0 Å². The van der Waals surface area contributed by atoms with Crippen LogP contribution in [0.5, 0.6) is 5.88 Å². The summed E-state index contributed by atoms with van der Waals surface area (Å²) in [6.07, 6.45) is 10.4. The molecule has 24 heavy (non-hydrogen) atoms. The Labute approximate surface area is 146 Å². The number of rotatable bonds is 13. The maximum Gasteiger partial charge on any atom is 0.351 e. The van der Waals surface area contributed by atoms with E-state index in [2.05, 4.69) is 18.8 Å². The third-order valence-corrected chi connectivity index (χ3v) is 4.24. The largest absolute Gasteiger partial charge is 0.477 e. The monoisotopic (exact) mass is 338 g/mol. The number of methoxy groups -OCH3 is 1. The molecule has 0 aliphatic carbocycles. The van der Waals surface area contributed by atoms with Crippen molar-refractivity contribution < 1.29 is 9.47 Å². The van der Waals surface area contributed by atoms with Gasteiger partial charge in [0.05, 0.1) is 6.61 Å². The minimum Gasteiger partial charge on any atom is -0.477 e. The molecular formula is C19H34N2O3. The maximum atomic E-state index is 12.4. The molecule has 0 saturated heterocycles. The lowest BCUT2D eigenvalue weighted by Crippen LogP contribution is -2.28. The topological polar surface area (TPSA) is 53.4 Å². The van der Waals surface area contributed by atoms with Gasteiger partial charge in [-0.1, -0.05) is 39.5 Å². The smallest absolute Gasteiger partial charge is 0.351 e. The zero-order valence-electron chi connectivity index (χ0n) is 15.8. The molecule has 0 spiro atoms. The molecule has 0 N–H and O–H groups in total. The van der Waals surface area contributed by atoms with Crippen LogP contribution in [0.25, 0.3) is 0 Å².